The molecule has 34 heavy (non-hydrogen) atoms. The highest BCUT2D eigenvalue weighted by Gasteiger charge is 2.20. The van der Waals surface area contributed by atoms with Gasteiger partial charge in [0, 0.05) is 37.1 Å². The maximum absolute atomic E-state index is 12.7. The summed E-state index contributed by atoms with van der Waals surface area (Å²) in [4.78, 5) is 12.9. The van der Waals surface area contributed by atoms with Gasteiger partial charge in [0.1, 0.15) is 0 Å². The van der Waals surface area contributed by atoms with Gasteiger partial charge in [-0.3, -0.25) is 9.48 Å². The highest BCUT2D eigenvalue weighted by Crippen LogP contribution is 2.26. The number of carbonyl (C=O) groups excluding carboxylic acids is 1. The van der Waals surface area contributed by atoms with E-state index in [2.05, 4.69) is 41.6 Å². The number of amides is 1. The average molecular weight is 481 g/mol. The molecule has 1 aromatic heterocycles. The van der Waals surface area contributed by atoms with Gasteiger partial charge in [-0.05, 0) is 69.5 Å². The first-order chi connectivity index (χ1) is 15.9. The van der Waals surface area contributed by atoms with Crippen molar-refractivity contribution >= 4 is 27.7 Å². The molecule has 0 aliphatic heterocycles. The number of anilines is 1. The van der Waals surface area contributed by atoms with Gasteiger partial charge in [-0.2, -0.15) is 5.10 Å². The third kappa shape index (κ3) is 5.46. The Hall–Kier alpha value is -3.23. The van der Waals surface area contributed by atoms with Crippen LogP contribution in [0.2, 0.25) is 0 Å². The van der Waals surface area contributed by atoms with E-state index in [0.29, 0.717) is 12.2 Å². The number of hydrogen-bond donors (Lipinski definition) is 1. The molecule has 3 rings (SSSR count). The van der Waals surface area contributed by atoms with Gasteiger partial charge < -0.3 is 5.32 Å². The maximum atomic E-state index is 12.7. The van der Waals surface area contributed by atoms with E-state index in [-0.39, 0.29) is 10.8 Å². The average Bonchev–Trinajstić information content (AvgIpc) is 3.03. The number of aryl methyl sites for hydroxylation is 3. The van der Waals surface area contributed by atoms with E-state index in [0.717, 1.165) is 37.9 Å². The van der Waals surface area contributed by atoms with Crippen molar-refractivity contribution in [2.45, 2.75) is 46.1 Å². The summed E-state index contributed by atoms with van der Waals surface area (Å²) >= 11 is 0. The molecular formula is C26H32N4O3S. The fourth-order valence-corrected chi connectivity index (χ4v) is 4.64. The molecule has 0 unspecified atom stereocenters. The van der Waals surface area contributed by atoms with Crippen LogP contribution >= 0.6 is 0 Å². The molecule has 3 aromatic rings. The third-order valence-corrected chi connectivity index (χ3v) is 7.76. The highest BCUT2D eigenvalue weighted by molar-refractivity contribution is 7.89. The third-order valence-electron chi connectivity index (χ3n) is 5.97. The van der Waals surface area contributed by atoms with Crippen LogP contribution in [0.4, 0.5) is 5.69 Å². The summed E-state index contributed by atoms with van der Waals surface area (Å²) in [6, 6.07) is 11.4. The highest BCUT2D eigenvalue weighted by atomic mass is 32.2. The number of nitrogens with one attached hydrogen (secondary N) is 1. The number of carbonyl (C=O) groups is 1. The van der Waals surface area contributed by atoms with E-state index in [9.17, 15) is 13.2 Å². The second kappa shape index (κ2) is 9.95. The van der Waals surface area contributed by atoms with Crippen molar-refractivity contribution in [1.82, 2.24) is 14.1 Å². The standard InChI is InChI=1S/C26H32N4O3S/c1-17-8-10-22(11-9-17)16-30-21(5)24(20(4)28-30)12-13-26(31)27-25-15-23(14-18(2)19(25)3)34(32,33)29(6)7/h8-15H,16H2,1-7H3,(H,27,31)/b13-12+. The quantitative estimate of drug-likeness (QED) is 0.509. The normalized spacial score (nSPS) is 12.0. The van der Waals surface area contributed by atoms with Crippen LogP contribution in [-0.4, -0.2) is 42.5 Å². The Morgan fingerprint density at radius 1 is 1.06 bits per heavy atom. The molecule has 8 heteroatoms. The van der Waals surface area contributed by atoms with E-state index in [1.165, 1.54) is 31.8 Å². The van der Waals surface area contributed by atoms with Gasteiger partial charge in [0.25, 0.3) is 0 Å². The largest absolute Gasteiger partial charge is 0.322 e. The smallest absolute Gasteiger partial charge is 0.248 e. The second-order valence-electron chi connectivity index (χ2n) is 8.75. The van der Waals surface area contributed by atoms with Crippen LogP contribution in [0.5, 0.6) is 0 Å². The molecule has 1 amide bonds. The van der Waals surface area contributed by atoms with Gasteiger partial charge in [-0.25, -0.2) is 12.7 Å². The molecule has 1 N–H and O–H groups in total. The van der Waals surface area contributed by atoms with Crippen molar-refractivity contribution in [3.8, 4) is 0 Å². The Bertz CT molecular complexity index is 1350. The Kier molecular flexibility index (Phi) is 7.43. The fourth-order valence-electron chi connectivity index (χ4n) is 3.62. The first-order valence-corrected chi connectivity index (χ1v) is 12.5. The first kappa shape index (κ1) is 25.4. The van der Waals surface area contributed by atoms with E-state index in [1.54, 1.807) is 12.1 Å². The number of benzene rings is 2. The molecule has 180 valence electrons. The summed E-state index contributed by atoms with van der Waals surface area (Å²) in [5.41, 5.74) is 7.12. The zero-order chi connectivity index (χ0) is 25.2. The van der Waals surface area contributed by atoms with E-state index in [4.69, 9.17) is 0 Å². The van der Waals surface area contributed by atoms with Crippen LogP contribution < -0.4 is 5.32 Å². The number of sulfonamides is 1. The monoisotopic (exact) mass is 480 g/mol. The molecule has 0 atom stereocenters. The van der Waals surface area contributed by atoms with Gasteiger partial charge in [-0.15, -0.1) is 0 Å². The Labute approximate surface area is 202 Å². The van der Waals surface area contributed by atoms with Crippen molar-refractivity contribution < 1.29 is 13.2 Å². The fraction of sp³-hybridized carbons (Fsp3) is 0.308. The molecule has 0 aliphatic rings. The number of nitrogens with zero attached hydrogens (tertiary/aromatic N) is 3. The summed E-state index contributed by atoms with van der Waals surface area (Å²) in [5.74, 6) is -0.341. The molecule has 0 aliphatic carbocycles. The maximum Gasteiger partial charge on any atom is 0.248 e. The van der Waals surface area contributed by atoms with Crippen molar-refractivity contribution in [1.29, 1.82) is 0 Å². The molecular weight excluding hydrogens is 448 g/mol. The summed E-state index contributed by atoms with van der Waals surface area (Å²) in [7, 11) is -0.651. The van der Waals surface area contributed by atoms with Gasteiger partial charge in [0.15, 0.2) is 0 Å². The topological polar surface area (TPSA) is 84.3 Å². The molecule has 2 aromatic carbocycles. The molecule has 0 bridgehead atoms. The van der Waals surface area contributed by atoms with Crippen molar-refractivity contribution in [3.05, 3.63) is 81.7 Å². The predicted molar refractivity (Wildman–Crippen MR) is 136 cm³/mol. The number of rotatable bonds is 7. The SMILES string of the molecule is Cc1ccc(Cn2nc(C)c(/C=C/C(=O)Nc3cc(S(=O)(=O)N(C)C)cc(C)c3C)c2C)cc1. The first-order valence-electron chi connectivity index (χ1n) is 11.0. The molecule has 0 saturated carbocycles. The van der Waals surface area contributed by atoms with Gasteiger partial charge in [0.2, 0.25) is 15.9 Å². The predicted octanol–water partition coefficient (Wildman–Crippen LogP) is 4.38. The van der Waals surface area contributed by atoms with Crippen LogP contribution in [0.25, 0.3) is 6.08 Å². The van der Waals surface area contributed by atoms with Crippen LogP contribution in [-0.2, 0) is 21.4 Å². The minimum Gasteiger partial charge on any atom is -0.322 e. The second-order valence-corrected chi connectivity index (χ2v) is 10.9. The molecule has 7 nitrogen and oxygen atoms in total. The molecule has 0 fully saturated rings. The van der Waals surface area contributed by atoms with Crippen molar-refractivity contribution in [2.75, 3.05) is 19.4 Å². The lowest BCUT2D eigenvalue weighted by atomic mass is 10.1. The van der Waals surface area contributed by atoms with E-state index < -0.39 is 10.0 Å². The molecule has 0 radical (unpaired) electrons. The van der Waals surface area contributed by atoms with Crippen LogP contribution in [0, 0.1) is 34.6 Å². The Morgan fingerprint density at radius 3 is 2.32 bits per heavy atom. The summed E-state index contributed by atoms with van der Waals surface area (Å²) < 4.78 is 28.2. The van der Waals surface area contributed by atoms with Crippen molar-refractivity contribution in [3.63, 3.8) is 0 Å². The number of aromatic nitrogens is 2. The summed E-state index contributed by atoms with van der Waals surface area (Å²) in [6.07, 6.45) is 3.20. The van der Waals surface area contributed by atoms with Gasteiger partial charge >= 0.3 is 0 Å². The molecule has 1 heterocycles. The van der Waals surface area contributed by atoms with Crippen LogP contribution in [0.1, 0.15) is 39.2 Å². The lowest BCUT2D eigenvalue weighted by Crippen LogP contribution is -2.22. The lowest BCUT2D eigenvalue weighted by molar-refractivity contribution is -0.111. The van der Waals surface area contributed by atoms with Crippen LogP contribution in [0.3, 0.4) is 0 Å². The zero-order valence-electron chi connectivity index (χ0n) is 20.8. The van der Waals surface area contributed by atoms with Gasteiger partial charge in [0.05, 0.1) is 17.1 Å². The minimum atomic E-state index is -3.61. The Balaban J connectivity index is 1.81. The lowest BCUT2D eigenvalue weighted by Gasteiger charge is -2.16. The molecule has 0 saturated heterocycles. The van der Waals surface area contributed by atoms with E-state index in [1.807, 2.05) is 32.4 Å². The van der Waals surface area contributed by atoms with Gasteiger partial charge in [-0.1, -0.05) is 29.8 Å². The Morgan fingerprint density at radius 2 is 1.71 bits per heavy atom. The van der Waals surface area contributed by atoms with Crippen LogP contribution in [0.15, 0.2) is 47.4 Å². The summed E-state index contributed by atoms with van der Waals surface area (Å²) in [5, 5.41) is 7.46. The number of hydrogen-bond acceptors (Lipinski definition) is 4. The zero-order valence-corrected chi connectivity index (χ0v) is 21.6. The van der Waals surface area contributed by atoms with Crippen molar-refractivity contribution in [2.24, 2.45) is 0 Å². The molecule has 0 spiro atoms. The summed E-state index contributed by atoms with van der Waals surface area (Å²) in [6.45, 7) is 10.3. The van der Waals surface area contributed by atoms with E-state index >= 15 is 0 Å². The minimum absolute atomic E-state index is 0.143.